The number of nitrogens with zero attached hydrogens (tertiary/aromatic N) is 5. The summed E-state index contributed by atoms with van der Waals surface area (Å²) in [5.74, 6) is 1.50. The Labute approximate surface area is 176 Å². The number of halogens is 1. The summed E-state index contributed by atoms with van der Waals surface area (Å²) in [6.07, 6.45) is 0. The number of benzene rings is 2. The van der Waals surface area contributed by atoms with Crippen molar-refractivity contribution in [3.63, 3.8) is 0 Å². The average Bonchev–Trinajstić information content (AvgIpc) is 3.25. The molecule has 158 valence electrons. The summed E-state index contributed by atoms with van der Waals surface area (Å²) in [5, 5.41) is 12.6. The summed E-state index contributed by atoms with van der Waals surface area (Å²) in [6.45, 7) is 7.41. The molecule has 1 aliphatic rings. The zero-order valence-electron chi connectivity index (χ0n) is 17.6. The standard InChI is InChI=1S/C22H27FN6O/c1-16(2)29-22(24-25-26-29)21(17-8-10-18(30-3)11-9-17)28-14-12-27(13-15-28)20-7-5-4-6-19(20)23/h4-11,16,21H,12-15H2,1-3H3/p+1/t21-/m1/s1. The molecule has 0 spiro atoms. The molecule has 0 unspecified atom stereocenters. The smallest absolute Gasteiger partial charge is 0.214 e. The Morgan fingerprint density at radius 1 is 1.03 bits per heavy atom. The Hall–Kier alpha value is -3.00. The van der Waals surface area contributed by atoms with Crippen LogP contribution in [0.5, 0.6) is 5.75 Å². The van der Waals surface area contributed by atoms with E-state index in [-0.39, 0.29) is 17.9 Å². The van der Waals surface area contributed by atoms with Gasteiger partial charge in [0.25, 0.3) is 0 Å². The molecule has 0 amide bonds. The van der Waals surface area contributed by atoms with E-state index in [1.165, 1.54) is 11.0 Å². The van der Waals surface area contributed by atoms with Gasteiger partial charge in [-0.05, 0) is 60.7 Å². The minimum atomic E-state index is -0.170. The Kier molecular flexibility index (Phi) is 5.94. The molecule has 4 rings (SSSR count). The first-order chi connectivity index (χ1) is 14.6. The second-order valence-electron chi connectivity index (χ2n) is 7.88. The topological polar surface area (TPSA) is 60.5 Å². The zero-order chi connectivity index (χ0) is 21.1. The number of quaternary nitrogens is 1. The predicted octanol–water partition coefficient (Wildman–Crippen LogP) is 1.90. The van der Waals surface area contributed by atoms with Crippen LogP contribution in [0.25, 0.3) is 0 Å². The minimum Gasteiger partial charge on any atom is -0.497 e. The fourth-order valence-electron chi connectivity index (χ4n) is 4.15. The fraction of sp³-hybridized carbons (Fsp3) is 0.409. The van der Waals surface area contributed by atoms with Crippen molar-refractivity contribution in [2.45, 2.75) is 25.9 Å². The van der Waals surface area contributed by atoms with Crippen molar-refractivity contribution in [2.24, 2.45) is 0 Å². The zero-order valence-corrected chi connectivity index (χ0v) is 17.6. The number of tetrazole rings is 1. The first-order valence-electron chi connectivity index (χ1n) is 10.3. The van der Waals surface area contributed by atoms with E-state index in [1.54, 1.807) is 13.2 Å². The number of hydrogen-bond acceptors (Lipinski definition) is 5. The van der Waals surface area contributed by atoms with Gasteiger partial charge in [0.15, 0.2) is 6.04 Å². The van der Waals surface area contributed by atoms with Gasteiger partial charge in [0.05, 0.1) is 45.0 Å². The van der Waals surface area contributed by atoms with Crippen molar-refractivity contribution < 1.29 is 14.0 Å². The molecule has 1 atom stereocenters. The molecule has 1 aliphatic heterocycles. The maximum atomic E-state index is 14.2. The van der Waals surface area contributed by atoms with Crippen LogP contribution in [0.3, 0.4) is 0 Å². The lowest BCUT2D eigenvalue weighted by Crippen LogP contribution is -3.15. The summed E-state index contributed by atoms with van der Waals surface area (Å²) in [6, 6.07) is 15.2. The summed E-state index contributed by atoms with van der Waals surface area (Å²) in [4.78, 5) is 3.49. The number of anilines is 1. The number of nitrogens with one attached hydrogen (secondary N) is 1. The summed E-state index contributed by atoms with van der Waals surface area (Å²) < 4.78 is 21.5. The SMILES string of the molecule is COc1ccc([C@H](c2nnnn2C(C)C)[NH+]2CCN(c3ccccc3F)CC2)cc1. The number of ether oxygens (including phenoxy) is 1. The maximum Gasteiger partial charge on any atom is 0.214 e. The Morgan fingerprint density at radius 3 is 2.37 bits per heavy atom. The van der Waals surface area contributed by atoms with Crippen LogP contribution in [-0.2, 0) is 0 Å². The normalized spacial score (nSPS) is 16.1. The van der Waals surface area contributed by atoms with Crippen LogP contribution in [0.15, 0.2) is 48.5 Å². The third-order valence-corrected chi connectivity index (χ3v) is 5.72. The lowest BCUT2D eigenvalue weighted by Gasteiger charge is -2.37. The van der Waals surface area contributed by atoms with E-state index in [1.807, 2.05) is 28.9 Å². The minimum absolute atomic E-state index is 0.00363. The van der Waals surface area contributed by atoms with E-state index in [9.17, 15) is 4.39 Å². The van der Waals surface area contributed by atoms with Gasteiger partial charge < -0.3 is 14.5 Å². The van der Waals surface area contributed by atoms with E-state index < -0.39 is 0 Å². The lowest BCUT2D eigenvalue weighted by atomic mass is 10.0. The van der Waals surface area contributed by atoms with Crippen LogP contribution in [0, 0.1) is 5.82 Å². The van der Waals surface area contributed by atoms with Gasteiger partial charge in [-0.15, -0.1) is 5.10 Å². The summed E-state index contributed by atoms with van der Waals surface area (Å²) in [5.41, 5.74) is 1.81. The van der Waals surface area contributed by atoms with Gasteiger partial charge in [-0.2, -0.15) is 0 Å². The Bertz CT molecular complexity index is 966. The summed E-state index contributed by atoms with van der Waals surface area (Å²) in [7, 11) is 1.67. The van der Waals surface area contributed by atoms with Crippen LogP contribution in [0.2, 0.25) is 0 Å². The van der Waals surface area contributed by atoms with Gasteiger partial charge in [0.2, 0.25) is 5.82 Å². The molecule has 8 heteroatoms. The monoisotopic (exact) mass is 411 g/mol. The second-order valence-corrected chi connectivity index (χ2v) is 7.88. The second kappa shape index (κ2) is 8.79. The van der Waals surface area contributed by atoms with Gasteiger partial charge in [-0.25, -0.2) is 9.07 Å². The van der Waals surface area contributed by atoms with Crippen molar-refractivity contribution in [3.8, 4) is 5.75 Å². The highest BCUT2D eigenvalue weighted by Crippen LogP contribution is 2.23. The molecule has 0 saturated carbocycles. The predicted molar refractivity (Wildman–Crippen MR) is 112 cm³/mol. The number of para-hydroxylation sites is 1. The number of hydrogen-bond donors (Lipinski definition) is 1. The molecule has 7 nitrogen and oxygen atoms in total. The molecular weight excluding hydrogens is 383 g/mol. The lowest BCUT2D eigenvalue weighted by molar-refractivity contribution is -0.927. The highest BCUT2D eigenvalue weighted by atomic mass is 19.1. The van der Waals surface area contributed by atoms with Crippen molar-refractivity contribution in [3.05, 3.63) is 65.7 Å². The highest BCUT2D eigenvalue weighted by molar-refractivity contribution is 5.47. The van der Waals surface area contributed by atoms with Crippen molar-refractivity contribution in [2.75, 3.05) is 38.2 Å². The van der Waals surface area contributed by atoms with E-state index in [4.69, 9.17) is 4.74 Å². The van der Waals surface area contributed by atoms with Gasteiger partial charge >= 0.3 is 0 Å². The third kappa shape index (κ3) is 4.00. The molecule has 1 aromatic heterocycles. The van der Waals surface area contributed by atoms with Crippen LogP contribution >= 0.6 is 0 Å². The Balaban J connectivity index is 1.62. The fourth-order valence-corrected chi connectivity index (χ4v) is 4.15. The quantitative estimate of drug-likeness (QED) is 0.671. The maximum absolute atomic E-state index is 14.2. The van der Waals surface area contributed by atoms with E-state index in [0.29, 0.717) is 5.69 Å². The van der Waals surface area contributed by atoms with Crippen LogP contribution < -0.4 is 14.5 Å². The molecular formula is C22H28FN6O+. The van der Waals surface area contributed by atoms with Gasteiger partial charge in [0, 0.05) is 5.56 Å². The molecule has 2 heterocycles. The molecule has 1 fully saturated rings. The van der Waals surface area contributed by atoms with Crippen molar-refractivity contribution in [1.82, 2.24) is 20.2 Å². The van der Waals surface area contributed by atoms with Crippen LogP contribution in [0.1, 0.15) is 37.3 Å². The molecule has 0 aliphatic carbocycles. The molecule has 30 heavy (non-hydrogen) atoms. The molecule has 1 N–H and O–H groups in total. The molecule has 0 radical (unpaired) electrons. The molecule has 1 saturated heterocycles. The third-order valence-electron chi connectivity index (χ3n) is 5.72. The van der Waals surface area contributed by atoms with Crippen molar-refractivity contribution >= 4 is 5.69 Å². The van der Waals surface area contributed by atoms with E-state index in [2.05, 4.69) is 46.4 Å². The number of piperazine rings is 1. The van der Waals surface area contributed by atoms with Crippen LogP contribution in [0.4, 0.5) is 10.1 Å². The van der Waals surface area contributed by atoms with Gasteiger partial charge in [-0.3, -0.25) is 0 Å². The largest absolute Gasteiger partial charge is 0.497 e. The Morgan fingerprint density at radius 2 is 1.73 bits per heavy atom. The molecule has 0 bridgehead atoms. The first kappa shape index (κ1) is 20.3. The van der Waals surface area contributed by atoms with E-state index >= 15 is 0 Å². The van der Waals surface area contributed by atoms with Gasteiger partial charge in [0.1, 0.15) is 11.6 Å². The number of rotatable bonds is 6. The first-order valence-corrected chi connectivity index (χ1v) is 10.3. The van der Waals surface area contributed by atoms with E-state index in [0.717, 1.165) is 43.3 Å². The summed E-state index contributed by atoms with van der Waals surface area (Å²) >= 11 is 0. The molecule has 2 aromatic carbocycles. The molecule has 3 aromatic rings. The van der Waals surface area contributed by atoms with Gasteiger partial charge in [-0.1, -0.05) is 12.1 Å². The van der Waals surface area contributed by atoms with Crippen molar-refractivity contribution in [1.29, 1.82) is 0 Å². The highest BCUT2D eigenvalue weighted by Gasteiger charge is 2.35. The van der Waals surface area contributed by atoms with Crippen LogP contribution in [-0.4, -0.2) is 53.5 Å². The number of methoxy groups -OCH3 is 1. The number of aromatic nitrogens is 4. The average molecular weight is 412 g/mol.